The number of halogens is 3. The van der Waals surface area contributed by atoms with Crippen molar-refractivity contribution in [2.24, 2.45) is 0 Å². The summed E-state index contributed by atoms with van der Waals surface area (Å²) in [5.74, 6) is 0.933. The van der Waals surface area contributed by atoms with Crippen LogP contribution in [-0.4, -0.2) is 6.61 Å². The predicted octanol–water partition coefficient (Wildman–Crippen LogP) is 8.00. The van der Waals surface area contributed by atoms with E-state index in [0.717, 1.165) is 22.3 Å². The van der Waals surface area contributed by atoms with E-state index in [-0.39, 0.29) is 6.61 Å². The molecule has 0 saturated heterocycles. The molecule has 0 aliphatic carbocycles. The lowest BCUT2D eigenvalue weighted by Crippen LogP contribution is -2.01. The summed E-state index contributed by atoms with van der Waals surface area (Å²) in [6, 6.07) is 18.9. The molecule has 0 amide bonds. The minimum atomic E-state index is 0.249. The van der Waals surface area contributed by atoms with Gasteiger partial charge in [0, 0.05) is 0 Å². The molecule has 0 aliphatic heterocycles. The van der Waals surface area contributed by atoms with Gasteiger partial charge >= 0.3 is 0 Å². The van der Waals surface area contributed by atoms with Crippen LogP contribution in [0.2, 0.25) is 15.1 Å². The molecule has 0 N–H and O–H groups in total. The van der Waals surface area contributed by atoms with Gasteiger partial charge in [0.2, 0.25) is 0 Å². The molecule has 0 saturated carbocycles. The lowest BCUT2D eigenvalue weighted by atomic mass is 10.0. The van der Waals surface area contributed by atoms with Crippen molar-refractivity contribution < 1.29 is 9.47 Å². The number of allylic oxidation sites excluding steroid dienone is 1. The summed E-state index contributed by atoms with van der Waals surface area (Å²) in [5.41, 5.74) is 4.09. The molecular weight excluding hydrogens is 453 g/mol. The standard InChI is InChI=1S/C25H20Cl3NO2/c1-3-30-24-13-18(10-20(14-29)19-7-4-16(2)5-8-19)12-23(28)25(24)31-15-17-6-9-21(26)22(27)11-17/h4-13H,3,15H2,1-2H3/b20-10-. The highest BCUT2D eigenvalue weighted by molar-refractivity contribution is 6.42. The first-order chi connectivity index (χ1) is 14.9. The van der Waals surface area contributed by atoms with Crippen molar-refractivity contribution in [3.8, 4) is 17.6 Å². The largest absolute Gasteiger partial charge is 0.490 e. The Morgan fingerprint density at radius 3 is 2.32 bits per heavy atom. The van der Waals surface area contributed by atoms with Crippen molar-refractivity contribution in [1.82, 2.24) is 0 Å². The fraction of sp³-hybridized carbons (Fsp3) is 0.160. The second kappa shape index (κ2) is 10.6. The Labute approximate surface area is 197 Å². The highest BCUT2D eigenvalue weighted by Crippen LogP contribution is 2.38. The molecule has 31 heavy (non-hydrogen) atoms. The van der Waals surface area contributed by atoms with E-state index in [1.54, 1.807) is 24.3 Å². The lowest BCUT2D eigenvalue weighted by Gasteiger charge is -2.15. The third kappa shape index (κ3) is 5.95. The minimum Gasteiger partial charge on any atom is -0.490 e. The van der Waals surface area contributed by atoms with Gasteiger partial charge in [-0.1, -0.05) is 70.7 Å². The summed E-state index contributed by atoms with van der Waals surface area (Å²) in [5, 5.41) is 11.0. The Morgan fingerprint density at radius 2 is 1.68 bits per heavy atom. The molecule has 3 aromatic carbocycles. The molecule has 0 fully saturated rings. The second-order valence-corrected chi connectivity index (χ2v) is 8.06. The first-order valence-corrected chi connectivity index (χ1v) is 10.8. The van der Waals surface area contributed by atoms with E-state index >= 15 is 0 Å². The van der Waals surface area contributed by atoms with Gasteiger partial charge in [0.05, 0.1) is 33.3 Å². The number of rotatable bonds is 7. The van der Waals surface area contributed by atoms with E-state index < -0.39 is 0 Å². The Morgan fingerprint density at radius 1 is 0.935 bits per heavy atom. The summed E-state index contributed by atoms with van der Waals surface area (Å²) in [6.07, 6.45) is 1.78. The lowest BCUT2D eigenvalue weighted by molar-refractivity contribution is 0.269. The number of aryl methyl sites for hydroxylation is 1. The molecule has 0 atom stereocenters. The first kappa shape index (κ1) is 23.0. The number of ether oxygens (including phenoxy) is 2. The maximum atomic E-state index is 9.63. The molecule has 3 rings (SSSR count). The van der Waals surface area contributed by atoms with Gasteiger partial charge in [0.15, 0.2) is 11.5 Å². The molecule has 0 spiro atoms. The van der Waals surface area contributed by atoms with Crippen molar-refractivity contribution in [3.05, 3.63) is 91.9 Å². The van der Waals surface area contributed by atoms with Gasteiger partial charge < -0.3 is 9.47 Å². The highest BCUT2D eigenvalue weighted by atomic mass is 35.5. The number of nitriles is 1. The van der Waals surface area contributed by atoms with Gasteiger partial charge in [-0.3, -0.25) is 0 Å². The maximum absolute atomic E-state index is 9.63. The van der Waals surface area contributed by atoms with E-state index in [1.807, 2.05) is 50.2 Å². The van der Waals surface area contributed by atoms with Gasteiger partial charge in [-0.25, -0.2) is 0 Å². The van der Waals surface area contributed by atoms with Crippen LogP contribution in [0.4, 0.5) is 0 Å². The predicted molar refractivity (Wildman–Crippen MR) is 128 cm³/mol. The first-order valence-electron chi connectivity index (χ1n) is 9.63. The topological polar surface area (TPSA) is 42.2 Å². The highest BCUT2D eigenvalue weighted by Gasteiger charge is 2.14. The molecule has 6 heteroatoms. The summed E-state index contributed by atoms with van der Waals surface area (Å²) >= 11 is 18.6. The molecule has 0 bridgehead atoms. The van der Waals surface area contributed by atoms with E-state index in [2.05, 4.69) is 6.07 Å². The van der Waals surface area contributed by atoms with E-state index in [9.17, 15) is 5.26 Å². The van der Waals surface area contributed by atoms with Crippen LogP contribution in [0.3, 0.4) is 0 Å². The van der Waals surface area contributed by atoms with Crippen molar-refractivity contribution >= 4 is 46.5 Å². The zero-order valence-electron chi connectivity index (χ0n) is 17.1. The zero-order valence-corrected chi connectivity index (χ0v) is 19.4. The Hall–Kier alpha value is -2.64. The smallest absolute Gasteiger partial charge is 0.180 e. The molecular formula is C25H20Cl3NO2. The fourth-order valence-corrected chi connectivity index (χ4v) is 3.53. The van der Waals surface area contributed by atoms with E-state index in [0.29, 0.717) is 38.7 Å². The van der Waals surface area contributed by atoms with Crippen molar-refractivity contribution in [2.45, 2.75) is 20.5 Å². The summed E-state index contributed by atoms with van der Waals surface area (Å²) < 4.78 is 11.7. The molecule has 0 radical (unpaired) electrons. The van der Waals surface area contributed by atoms with Gasteiger partial charge in [-0.15, -0.1) is 0 Å². The van der Waals surface area contributed by atoms with Gasteiger partial charge in [-0.2, -0.15) is 5.26 Å². The van der Waals surface area contributed by atoms with Gasteiger partial charge in [0.1, 0.15) is 6.61 Å². The van der Waals surface area contributed by atoms with Crippen LogP contribution in [0.25, 0.3) is 11.6 Å². The second-order valence-electron chi connectivity index (χ2n) is 6.84. The summed E-state index contributed by atoms with van der Waals surface area (Å²) in [6.45, 7) is 4.57. The normalized spacial score (nSPS) is 11.2. The number of nitrogens with zero attached hydrogens (tertiary/aromatic N) is 1. The molecule has 0 aliphatic rings. The molecule has 3 nitrogen and oxygen atoms in total. The van der Waals surface area contributed by atoms with Crippen LogP contribution in [-0.2, 0) is 6.61 Å². The Kier molecular flexibility index (Phi) is 7.87. The van der Waals surface area contributed by atoms with E-state index in [4.69, 9.17) is 44.3 Å². The van der Waals surface area contributed by atoms with Crippen LogP contribution < -0.4 is 9.47 Å². The fourth-order valence-electron chi connectivity index (χ4n) is 2.94. The summed E-state index contributed by atoms with van der Waals surface area (Å²) in [4.78, 5) is 0. The SMILES string of the molecule is CCOc1cc(/C=C(/C#N)c2ccc(C)cc2)cc(Cl)c1OCc1ccc(Cl)c(Cl)c1. The molecule has 158 valence electrons. The van der Waals surface area contributed by atoms with Gasteiger partial charge in [0.25, 0.3) is 0 Å². The van der Waals surface area contributed by atoms with Crippen molar-refractivity contribution in [3.63, 3.8) is 0 Å². The molecule has 0 unspecified atom stereocenters. The van der Waals surface area contributed by atoms with Crippen LogP contribution in [0, 0.1) is 18.3 Å². The van der Waals surface area contributed by atoms with Crippen LogP contribution >= 0.6 is 34.8 Å². The maximum Gasteiger partial charge on any atom is 0.180 e. The molecule has 3 aromatic rings. The van der Waals surface area contributed by atoms with Crippen LogP contribution in [0.1, 0.15) is 29.2 Å². The van der Waals surface area contributed by atoms with Gasteiger partial charge in [-0.05, 0) is 60.9 Å². The monoisotopic (exact) mass is 471 g/mol. The number of hydrogen-bond acceptors (Lipinski definition) is 3. The third-order valence-corrected chi connectivity index (χ3v) is 5.51. The molecule has 0 heterocycles. The number of benzene rings is 3. The average Bonchev–Trinajstić information content (AvgIpc) is 2.75. The van der Waals surface area contributed by atoms with Crippen LogP contribution in [0.15, 0.2) is 54.6 Å². The minimum absolute atomic E-state index is 0.249. The van der Waals surface area contributed by atoms with Crippen LogP contribution in [0.5, 0.6) is 11.5 Å². The summed E-state index contributed by atoms with van der Waals surface area (Å²) in [7, 11) is 0. The Balaban J connectivity index is 1.91. The average molecular weight is 473 g/mol. The zero-order chi connectivity index (χ0) is 22.4. The number of hydrogen-bond donors (Lipinski definition) is 0. The van der Waals surface area contributed by atoms with Crippen molar-refractivity contribution in [1.29, 1.82) is 5.26 Å². The van der Waals surface area contributed by atoms with Crippen molar-refractivity contribution in [2.75, 3.05) is 6.61 Å². The quantitative estimate of drug-likeness (QED) is 0.258. The van der Waals surface area contributed by atoms with E-state index in [1.165, 1.54) is 0 Å². The third-order valence-electron chi connectivity index (χ3n) is 4.49. The molecule has 0 aromatic heterocycles. The Bertz CT molecular complexity index is 1150.